The molecule has 1 aliphatic rings. The Bertz CT molecular complexity index is 611. The van der Waals surface area contributed by atoms with Gasteiger partial charge in [-0.25, -0.2) is 4.79 Å². The summed E-state index contributed by atoms with van der Waals surface area (Å²) in [5.41, 5.74) is 1.80. The minimum Gasteiger partial charge on any atom is -0.492 e. The molecular weight excluding hydrogens is 282 g/mol. The maximum absolute atomic E-state index is 12.5. The third-order valence-corrected chi connectivity index (χ3v) is 4.34. The van der Waals surface area contributed by atoms with Gasteiger partial charge in [-0.1, -0.05) is 19.4 Å². The van der Waals surface area contributed by atoms with Crippen molar-refractivity contribution in [1.29, 1.82) is 0 Å². The van der Waals surface area contributed by atoms with Gasteiger partial charge in [0.15, 0.2) is 0 Å². The lowest BCUT2D eigenvalue weighted by Gasteiger charge is -2.27. The van der Waals surface area contributed by atoms with E-state index in [0.717, 1.165) is 22.4 Å². The minimum absolute atomic E-state index is 0.256. The number of aliphatic carboxylic acids is 1. The van der Waals surface area contributed by atoms with Crippen LogP contribution >= 0.6 is 0 Å². The number of fused-ring (bicyclic) bond motifs is 1. The quantitative estimate of drug-likeness (QED) is 0.876. The Morgan fingerprint density at radius 1 is 1.36 bits per heavy atom. The fraction of sp³-hybridized carbons (Fsp3) is 0.529. The number of carbonyl (C=O) groups excluding carboxylic acids is 1. The molecule has 0 aliphatic carbocycles. The zero-order valence-corrected chi connectivity index (χ0v) is 13.5. The first kappa shape index (κ1) is 16.3. The number of amides is 1. The fourth-order valence-electron chi connectivity index (χ4n) is 2.77. The van der Waals surface area contributed by atoms with Crippen molar-refractivity contribution < 1.29 is 19.4 Å². The lowest BCUT2D eigenvalue weighted by atomic mass is 9.92. The molecule has 0 fully saturated rings. The van der Waals surface area contributed by atoms with Gasteiger partial charge in [-0.05, 0) is 44.4 Å². The Hall–Kier alpha value is -2.04. The molecule has 1 aromatic rings. The van der Waals surface area contributed by atoms with Gasteiger partial charge in [-0.3, -0.25) is 4.79 Å². The smallest absolute Gasteiger partial charge is 0.329 e. The molecule has 2 N–H and O–H groups in total. The number of ether oxygens (including phenoxy) is 1. The molecule has 22 heavy (non-hydrogen) atoms. The van der Waals surface area contributed by atoms with Gasteiger partial charge >= 0.3 is 5.97 Å². The molecule has 1 aliphatic heterocycles. The molecule has 1 amide bonds. The number of benzene rings is 1. The van der Waals surface area contributed by atoms with Crippen LogP contribution in [0.3, 0.4) is 0 Å². The van der Waals surface area contributed by atoms with E-state index in [1.54, 1.807) is 6.92 Å². The van der Waals surface area contributed by atoms with Crippen molar-refractivity contribution in [3.63, 3.8) is 0 Å². The number of hydrogen-bond acceptors (Lipinski definition) is 3. The fourth-order valence-corrected chi connectivity index (χ4v) is 2.77. The van der Waals surface area contributed by atoms with Gasteiger partial charge in [0.05, 0.1) is 0 Å². The molecule has 1 heterocycles. The predicted octanol–water partition coefficient (Wildman–Crippen LogP) is 2.54. The standard InChI is InChI=1S/C17H23NO4/c1-5-6-17(4,16(20)21)18-15(19)13-9-22-14-8-11(3)10(2)7-12(13)14/h7-8,13H,5-6,9H2,1-4H3,(H,18,19)(H,20,21). The highest BCUT2D eigenvalue weighted by molar-refractivity contribution is 5.91. The van der Waals surface area contributed by atoms with Crippen LogP contribution in [0.4, 0.5) is 0 Å². The summed E-state index contributed by atoms with van der Waals surface area (Å²) < 4.78 is 5.59. The molecule has 0 saturated heterocycles. The van der Waals surface area contributed by atoms with Crippen LogP contribution in [-0.4, -0.2) is 29.1 Å². The molecular formula is C17H23NO4. The van der Waals surface area contributed by atoms with Crippen LogP contribution in [0, 0.1) is 13.8 Å². The highest BCUT2D eigenvalue weighted by Gasteiger charge is 2.38. The molecule has 5 nitrogen and oxygen atoms in total. The molecule has 120 valence electrons. The SMILES string of the molecule is CCCC(C)(NC(=O)C1COc2cc(C)c(C)cc21)C(=O)O. The van der Waals surface area contributed by atoms with Gasteiger partial charge in [0.25, 0.3) is 0 Å². The highest BCUT2D eigenvalue weighted by Crippen LogP contribution is 2.36. The molecule has 5 heteroatoms. The van der Waals surface area contributed by atoms with Gasteiger partial charge < -0.3 is 15.2 Å². The molecule has 0 radical (unpaired) electrons. The number of carbonyl (C=O) groups is 2. The minimum atomic E-state index is -1.24. The Labute approximate surface area is 130 Å². The summed E-state index contributed by atoms with van der Waals surface area (Å²) in [6, 6.07) is 3.89. The van der Waals surface area contributed by atoms with E-state index in [4.69, 9.17) is 4.74 Å². The summed E-state index contributed by atoms with van der Waals surface area (Å²) in [5.74, 6) is -1.04. The number of carboxylic acids is 1. The first-order valence-corrected chi connectivity index (χ1v) is 7.58. The van der Waals surface area contributed by atoms with E-state index in [-0.39, 0.29) is 12.5 Å². The van der Waals surface area contributed by atoms with E-state index in [9.17, 15) is 14.7 Å². The van der Waals surface area contributed by atoms with Crippen molar-refractivity contribution in [3.8, 4) is 5.75 Å². The molecule has 1 aromatic carbocycles. The van der Waals surface area contributed by atoms with Gasteiger partial charge in [0.1, 0.15) is 23.8 Å². The number of nitrogens with one attached hydrogen (secondary N) is 1. The number of rotatable bonds is 5. The zero-order valence-electron chi connectivity index (χ0n) is 13.5. The van der Waals surface area contributed by atoms with E-state index in [2.05, 4.69) is 5.32 Å². The van der Waals surface area contributed by atoms with Crippen LogP contribution in [0.2, 0.25) is 0 Å². The van der Waals surface area contributed by atoms with E-state index < -0.39 is 17.4 Å². The van der Waals surface area contributed by atoms with Crippen molar-refractivity contribution in [2.45, 2.75) is 52.0 Å². The molecule has 2 atom stereocenters. The average molecular weight is 305 g/mol. The highest BCUT2D eigenvalue weighted by atomic mass is 16.5. The van der Waals surface area contributed by atoms with Crippen molar-refractivity contribution >= 4 is 11.9 Å². The summed E-state index contributed by atoms with van der Waals surface area (Å²) in [5, 5.41) is 12.1. The van der Waals surface area contributed by atoms with Gasteiger partial charge in [0.2, 0.25) is 5.91 Å². The third kappa shape index (κ3) is 2.93. The summed E-state index contributed by atoms with van der Waals surface area (Å²) in [6.45, 7) is 7.68. The van der Waals surface area contributed by atoms with Gasteiger partial charge in [0, 0.05) is 5.56 Å². The molecule has 2 unspecified atom stereocenters. The maximum Gasteiger partial charge on any atom is 0.329 e. The van der Waals surface area contributed by atoms with Crippen molar-refractivity contribution in [2.75, 3.05) is 6.61 Å². The lowest BCUT2D eigenvalue weighted by molar-refractivity contribution is -0.147. The van der Waals surface area contributed by atoms with Crippen LogP contribution in [-0.2, 0) is 9.59 Å². The van der Waals surface area contributed by atoms with E-state index in [1.807, 2.05) is 32.9 Å². The third-order valence-electron chi connectivity index (χ3n) is 4.34. The zero-order chi connectivity index (χ0) is 16.5. The Balaban J connectivity index is 2.23. The predicted molar refractivity (Wildman–Crippen MR) is 83.2 cm³/mol. The van der Waals surface area contributed by atoms with Gasteiger partial charge in [-0.15, -0.1) is 0 Å². The maximum atomic E-state index is 12.5. The van der Waals surface area contributed by atoms with E-state index in [0.29, 0.717) is 12.8 Å². The second-order valence-electron chi connectivity index (χ2n) is 6.21. The summed E-state index contributed by atoms with van der Waals surface area (Å²) in [7, 11) is 0. The Morgan fingerprint density at radius 3 is 2.59 bits per heavy atom. The largest absolute Gasteiger partial charge is 0.492 e. The average Bonchev–Trinajstić information content (AvgIpc) is 2.82. The van der Waals surface area contributed by atoms with Crippen LogP contribution in [0.5, 0.6) is 5.75 Å². The number of carboxylic acid groups (broad SMARTS) is 1. The summed E-state index contributed by atoms with van der Waals surface area (Å²) in [4.78, 5) is 24.0. The Morgan fingerprint density at radius 2 is 2.00 bits per heavy atom. The topological polar surface area (TPSA) is 75.6 Å². The second kappa shape index (κ2) is 5.99. The lowest BCUT2D eigenvalue weighted by Crippen LogP contribution is -2.53. The molecule has 2 rings (SSSR count). The van der Waals surface area contributed by atoms with Crippen molar-refractivity contribution in [1.82, 2.24) is 5.32 Å². The monoisotopic (exact) mass is 305 g/mol. The number of aryl methyl sites for hydroxylation is 2. The number of hydrogen-bond donors (Lipinski definition) is 2. The summed E-state index contributed by atoms with van der Waals surface area (Å²) >= 11 is 0. The van der Waals surface area contributed by atoms with E-state index >= 15 is 0 Å². The van der Waals surface area contributed by atoms with Gasteiger partial charge in [-0.2, -0.15) is 0 Å². The van der Waals surface area contributed by atoms with Crippen molar-refractivity contribution in [3.05, 3.63) is 28.8 Å². The first-order valence-electron chi connectivity index (χ1n) is 7.58. The van der Waals surface area contributed by atoms with Crippen LogP contribution in [0.1, 0.15) is 49.3 Å². The van der Waals surface area contributed by atoms with Crippen LogP contribution in [0.25, 0.3) is 0 Å². The van der Waals surface area contributed by atoms with Crippen LogP contribution in [0.15, 0.2) is 12.1 Å². The van der Waals surface area contributed by atoms with E-state index in [1.165, 1.54) is 0 Å². The first-order chi connectivity index (χ1) is 10.3. The Kier molecular flexibility index (Phi) is 4.44. The van der Waals surface area contributed by atoms with Crippen molar-refractivity contribution in [2.24, 2.45) is 0 Å². The molecule has 0 aromatic heterocycles. The molecule has 0 bridgehead atoms. The van der Waals surface area contributed by atoms with Crippen LogP contribution < -0.4 is 10.1 Å². The molecule has 0 saturated carbocycles. The molecule has 0 spiro atoms. The summed E-state index contributed by atoms with van der Waals surface area (Å²) in [6.07, 6.45) is 1.07. The second-order valence-corrected chi connectivity index (χ2v) is 6.21. The normalized spacial score (nSPS) is 19.0.